The number of nitrogens with one attached hydrogen (secondary N) is 2. The van der Waals surface area contributed by atoms with Crippen LogP contribution in [0.3, 0.4) is 0 Å². The van der Waals surface area contributed by atoms with E-state index in [4.69, 9.17) is 0 Å². The van der Waals surface area contributed by atoms with E-state index in [-0.39, 0.29) is 11.0 Å². The van der Waals surface area contributed by atoms with Crippen LogP contribution in [0.4, 0.5) is 18.9 Å². The Bertz CT molecular complexity index is 1410. The Morgan fingerprint density at radius 2 is 2.03 bits per heavy atom. The van der Waals surface area contributed by atoms with Crippen LogP contribution in [-0.4, -0.2) is 35.4 Å². The lowest BCUT2D eigenvalue weighted by molar-refractivity contribution is -0.140. The second-order valence-electron chi connectivity index (χ2n) is 7.57. The molecule has 5 rings (SSSR count). The van der Waals surface area contributed by atoms with Crippen LogP contribution in [0.1, 0.15) is 34.9 Å². The average Bonchev–Trinajstić information content (AvgIpc) is 3.37. The summed E-state index contributed by atoms with van der Waals surface area (Å²) in [7, 11) is 1.28. The fourth-order valence-electron chi connectivity index (χ4n) is 3.59. The molecule has 1 fully saturated rings. The third kappa shape index (κ3) is 3.43. The fourth-order valence-corrected chi connectivity index (χ4v) is 3.59. The highest BCUT2D eigenvalue weighted by Gasteiger charge is 2.37. The average molecular weight is 443 g/mol. The minimum absolute atomic E-state index is 0.125. The molecule has 1 saturated carbocycles. The quantitative estimate of drug-likeness (QED) is 0.504. The number of fused-ring (bicyclic) bond motifs is 1. The van der Waals surface area contributed by atoms with Crippen LogP contribution in [0.25, 0.3) is 22.4 Å². The predicted octanol–water partition coefficient (Wildman–Crippen LogP) is 3.13. The van der Waals surface area contributed by atoms with E-state index in [2.05, 4.69) is 25.6 Å². The van der Waals surface area contributed by atoms with E-state index in [1.807, 2.05) is 10.6 Å². The number of hydrogen-bond donors (Lipinski definition) is 2. The van der Waals surface area contributed by atoms with Gasteiger partial charge in [-0.2, -0.15) is 18.3 Å². The standard InChI is InChI=1S/C20H16F3N7O2/c1-29-17-13(15(28-29)20(21,22)23)8-14(19(32)26-17)18(31)25-11-4-2-3-10(7-11)16-27-24-9-30(16)12-5-6-12/h2-4,7-9,12H,5-6H2,1H3,(H,25,31)(H,26,32). The van der Waals surface area contributed by atoms with Gasteiger partial charge >= 0.3 is 6.18 Å². The first kappa shape index (κ1) is 20.0. The maximum absolute atomic E-state index is 13.3. The first-order valence-electron chi connectivity index (χ1n) is 9.71. The number of alkyl halides is 3. The van der Waals surface area contributed by atoms with Gasteiger partial charge in [-0.25, -0.2) is 0 Å². The van der Waals surface area contributed by atoms with Crippen molar-refractivity contribution in [2.75, 3.05) is 5.32 Å². The molecule has 1 amide bonds. The number of anilines is 1. The molecule has 12 heteroatoms. The summed E-state index contributed by atoms with van der Waals surface area (Å²) >= 11 is 0. The predicted molar refractivity (Wildman–Crippen MR) is 108 cm³/mol. The second-order valence-corrected chi connectivity index (χ2v) is 7.57. The van der Waals surface area contributed by atoms with Crippen molar-refractivity contribution in [2.24, 2.45) is 7.05 Å². The topological polar surface area (TPSA) is 110 Å². The maximum atomic E-state index is 13.3. The molecule has 1 aliphatic rings. The Labute approximate surface area is 177 Å². The molecular weight excluding hydrogens is 427 g/mol. The number of amides is 1. The summed E-state index contributed by atoms with van der Waals surface area (Å²) in [6.07, 6.45) is -1.00. The van der Waals surface area contributed by atoms with Gasteiger partial charge in [-0.3, -0.25) is 14.3 Å². The number of carbonyl (C=O) groups is 1. The molecule has 0 bridgehead atoms. The first-order chi connectivity index (χ1) is 15.2. The van der Waals surface area contributed by atoms with Gasteiger partial charge in [-0.1, -0.05) is 12.1 Å². The van der Waals surface area contributed by atoms with Gasteiger partial charge in [-0.05, 0) is 31.0 Å². The summed E-state index contributed by atoms with van der Waals surface area (Å²) in [6, 6.07) is 8.05. The number of aromatic amines is 1. The van der Waals surface area contributed by atoms with Gasteiger partial charge in [0, 0.05) is 24.3 Å². The van der Waals surface area contributed by atoms with Gasteiger partial charge in [0.15, 0.2) is 11.5 Å². The molecule has 0 saturated heterocycles. The first-order valence-corrected chi connectivity index (χ1v) is 9.71. The molecule has 0 atom stereocenters. The van der Waals surface area contributed by atoms with E-state index in [1.54, 1.807) is 24.5 Å². The third-order valence-electron chi connectivity index (χ3n) is 5.25. The lowest BCUT2D eigenvalue weighted by Gasteiger charge is -2.09. The largest absolute Gasteiger partial charge is 0.435 e. The zero-order valence-corrected chi connectivity index (χ0v) is 16.6. The van der Waals surface area contributed by atoms with E-state index in [9.17, 15) is 22.8 Å². The molecule has 0 radical (unpaired) electrons. The van der Waals surface area contributed by atoms with Crippen molar-refractivity contribution in [3.05, 3.63) is 58.3 Å². The molecule has 1 aromatic carbocycles. The Kier molecular flexibility index (Phi) is 4.39. The summed E-state index contributed by atoms with van der Waals surface area (Å²) in [5.74, 6) is -0.195. The highest BCUT2D eigenvalue weighted by molar-refractivity contribution is 6.06. The molecule has 164 valence electrons. The number of rotatable bonds is 4. The molecule has 1 aliphatic carbocycles. The molecule has 3 heterocycles. The molecular formula is C20H16F3N7O2. The van der Waals surface area contributed by atoms with Crippen molar-refractivity contribution in [1.29, 1.82) is 0 Å². The minimum atomic E-state index is -4.74. The highest BCUT2D eigenvalue weighted by Crippen LogP contribution is 2.38. The number of benzene rings is 1. The number of nitrogens with zero attached hydrogens (tertiary/aromatic N) is 5. The van der Waals surface area contributed by atoms with Gasteiger partial charge in [-0.15, -0.1) is 10.2 Å². The number of hydrogen-bond acceptors (Lipinski definition) is 5. The zero-order valence-electron chi connectivity index (χ0n) is 16.6. The normalized spacial score (nSPS) is 14.1. The molecule has 0 spiro atoms. The van der Waals surface area contributed by atoms with E-state index < -0.39 is 28.9 Å². The van der Waals surface area contributed by atoms with Crippen molar-refractivity contribution in [3.8, 4) is 11.4 Å². The lowest BCUT2D eigenvalue weighted by atomic mass is 10.1. The van der Waals surface area contributed by atoms with Gasteiger partial charge in [0.2, 0.25) is 0 Å². The summed E-state index contributed by atoms with van der Waals surface area (Å²) in [4.78, 5) is 27.5. The summed E-state index contributed by atoms with van der Waals surface area (Å²) in [6.45, 7) is 0. The van der Waals surface area contributed by atoms with Gasteiger partial charge < -0.3 is 14.9 Å². The van der Waals surface area contributed by atoms with E-state index in [0.29, 0.717) is 23.1 Å². The molecule has 0 unspecified atom stereocenters. The Hall–Kier alpha value is -3.96. The number of pyridine rings is 1. The van der Waals surface area contributed by atoms with Crippen LogP contribution in [0.2, 0.25) is 0 Å². The Morgan fingerprint density at radius 1 is 1.25 bits per heavy atom. The van der Waals surface area contributed by atoms with Gasteiger partial charge in [0.25, 0.3) is 11.5 Å². The highest BCUT2D eigenvalue weighted by atomic mass is 19.4. The number of H-pyrrole nitrogens is 1. The number of aromatic nitrogens is 6. The van der Waals surface area contributed by atoms with Crippen molar-refractivity contribution in [3.63, 3.8) is 0 Å². The van der Waals surface area contributed by atoms with E-state index in [1.165, 1.54) is 7.05 Å². The monoisotopic (exact) mass is 443 g/mol. The zero-order chi connectivity index (χ0) is 22.6. The van der Waals surface area contributed by atoms with E-state index in [0.717, 1.165) is 23.6 Å². The van der Waals surface area contributed by atoms with Crippen molar-refractivity contribution in [2.45, 2.75) is 25.1 Å². The molecule has 32 heavy (non-hydrogen) atoms. The molecule has 4 aromatic rings. The van der Waals surface area contributed by atoms with Crippen LogP contribution in [-0.2, 0) is 13.2 Å². The van der Waals surface area contributed by atoms with Gasteiger partial charge in [0.05, 0.1) is 5.39 Å². The number of halogens is 3. The summed E-state index contributed by atoms with van der Waals surface area (Å²) < 4.78 is 42.8. The maximum Gasteiger partial charge on any atom is 0.435 e. The van der Waals surface area contributed by atoms with Crippen LogP contribution >= 0.6 is 0 Å². The number of aryl methyl sites for hydroxylation is 1. The van der Waals surface area contributed by atoms with Crippen molar-refractivity contribution in [1.82, 2.24) is 29.5 Å². The lowest BCUT2D eigenvalue weighted by Crippen LogP contribution is -2.23. The Morgan fingerprint density at radius 3 is 2.75 bits per heavy atom. The fraction of sp³-hybridized carbons (Fsp3) is 0.250. The van der Waals surface area contributed by atoms with Crippen molar-refractivity contribution >= 4 is 22.6 Å². The third-order valence-corrected chi connectivity index (χ3v) is 5.25. The summed E-state index contributed by atoms with van der Waals surface area (Å²) in [5, 5.41) is 13.7. The molecule has 3 aromatic heterocycles. The molecule has 2 N–H and O–H groups in total. The van der Waals surface area contributed by atoms with Crippen LogP contribution in [0, 0.1) is 0 Å². The van der Waals surface area contributed by atoms with Crippen LogP contribution in [0.15, 0.2) is 41.5 Å². The second kappa shape index (κ2) is 7.04. The van der Waals surface area contributed by atoms with Crippen LogP contribution in [0.5, 0.6) is 0 Å². The smallest absolute Gasteiger partial charge is 0.322 e. The minimum Gasteiger partial charge on any atom is -0.322 e. The SMILES string of the molecule is Cn1nc(C(F)(F)F)c2cc(C(=O)Nc3cccc(-c4nncn4C4CC4)c3)c(=O)[nH]c21. The number of carbonyl (C=O) groups excluding carboxylic acids is 1. The van der Waals surface area contributed by atoms with Crippen molar-refractivity contribution < 1.29 is 18.0 Å². The Balaban J connectivity index is 1.48. The summed E-state index contributed by atoms with van der Waals surface area (Å²) in [5.41, 5.74) is -1.51. The van der Waals surface area contributed by atoms with E-state index >= 15 is 0 Å². The van der Waals surface area contributed by atoms with Gasteiger partial charge in [0.1, 0.15) is 17.5 Å². The van der Waals surface area contributed by atoms with Crippen LogP contribution < -0.4 is 10.9 Å². The molecule has 9 nitrogen and oxygen atoms in total. The molecule has 0 aliphatic heterocycles.